The third-order valence-corrected chi connectivity index (χ3v) is 4.26. The molecule has 0 unspecified atom stereocenters. The van der Waals surface area contributed by atoms with Crippen molar-refractivity contribution >= 4 is 22.8 Å². The van der Waals surface area contributed by atoms with Crippen LogP contribution in [-0.4, -0.2) is 35.5 Å². The maximum atomic E-state index is 12.3. The van der Waals surface area contributed by atoms with Gasteiger partial charge in [-0.15, -0.1) is 13.2 Å². The zero-order valence-electron chi connectivity index (χ0n) is 13.8. The molecule has 0 amide bonds. The number of halogens is 3. The van der Waals surface area contributed by atoms with Crippen molar-refractivity contribution in [3.63, 3.8) is 0 Å². The predicted octanol–water partition coefficient (Wildman–Crippen LogP) is 4.17. The van der Waals surface area contributed by atoms with Gasteiger partial charge in [0.15, 0.2) is 16.7 Å². The number of nitrogens with one attached hydrogen (secondary N) is 1. The molecule has 6 nitrogen and oxygen atoms in total. The second kappa shape index (κ2) is 7.32. The number of imidazole rings is 1. The Morgan fingerprint density at radius 3 is 2.65 bits per heavy atom. The van der Waals surface area contributed by atoms with Gasteiger partial charge in [-0.25, -0.2) is 4.98 Å². The third-order valence-electron chi connectivity index (χ3n) is 3.38. The number of hydrogen-bond donors (Lipinski definition) is 1. The van der Waals surface area contributed by atoms with E-state index in [4.69, 9.17) is 9.47 Å². The normalized spacial score (nSPS) is 11.6. The van der Waals surface area contributed by atoms with Crippen LogP contribution < -0.4 is 14.2 Å². The highest BCUT2D eigenvalue weighted by molar-refractivity contribution is 7.98. The summed E-state index contributed by atoms with van der Waals surface area (Å²) < 4.78 is 51.4. The molecule has 138 valence electrons. The van der Waals surface area contributed by atoms with Gasteiger partial charge in [0.05, 0.1) is 30.9 Å². The molecule has 0 aliphatic carbocycles. The molecular weight excluding hydrogens is 371 g/mol. The molecule has 0 radical (unpaired) electrons. The number of thioether (sulfide) groups is 1. The Hall–Kier alpha value is -2.62. The number of ether oxygens (including phenoxy) is 3. The summed E-state index contributed by atoms with van der Waals surface area (Å²) in [7, 11) is 3.06. The summed E-state index contributed by atoms with van der Waals surface area (Å²) in [5.74, 6) is 1.21. The maximum absolute atomic E-state index is 12.3. The smallest absolute Gasteiger partial charge is 0.493 e. The zero-order valence-corrected chi connectivity index (χ0v) is 14.6. The number of aromatic nitrogens is 3. The minimum absolute atomic E-state index is 0.316. The first-order valence-corrected chi connectivity index (χ1v) is 8.32. The van der Waals surface area contributed by atoms with E-state index < -0.39 is 6.36 Å². The van der Waals surface area contributed by atoms with Crippen molar-refractivity contribution in [1.82, 2.24) is 15.0 Å². The minimum atomic E-state index is -4.74. The second-order valence-electron chi connectivity index (χ2n) is 5.05. The topological polar surface area (TPSA) is 69.3 Å². The van der Waals surface area contributed by atoms with Gasteiger partial charge in [0.25, 0.3) is 0 Å². The van der Waals surface area contributed by atoms with E-state index in [1.807, 2.05) is 0 Å². The van der Waals surface area contributed by atoms with E-state index in [0.717, 1.165) is 0 Å². The molecule has 0 bridgehead atoms. The Balaban J connectivity index is 1.78. The molecule has 1 N–H and O–H groups in total. The van der Waals surface area contributed by atoms with Crippen LogP contribution in [0.5, 0.6) is 17.2 Å². The lowest BCUT2D eigenvalue weighted by atomic mass is 10.3. The first-order valence-electron chi connectivity index (χ1n) is 7.34. The SMILES string of the molecule is COc1ccnc(CSc2nc3cc(OC(F)(F)F)ccc3[nH]2)c1OC. The van der Waals surface area contributed by atoms with Gasteiger partial charge in [-0.1, -0.05) is 11.8 Å². The molecule has 0 aliphatic heterocycles. The predicted molar refractivity (Wildman–Crippen MR) is 89.7 cm³/mol. The summed E-state index contributed by atoms with van der Waals surface area (Å²) in [6.07, 6.45) is -3.13. The Morgan fingerprint density at radius 2 is 1.96 bits per heavy atom. The fourth-order valence-electron chi connectivity index (χ4n) is 2.32. The highest BCUT2D eigenvalue weighted by Crippen LogP contribution is 2.33. The van der Waals surface area contributed by atoms with Crippen LogP contribution in [0.15, 0.2) is 35.6 Å². The van der Waals surface area contributed by atoms with Crippen LogP contribution in [0.3, 0.4) is 0 Å². The molecule has 1 aromatic carbocycles. The first kappa shape index (κ1) is 18.2. The van der Waals surface area contributed by atoms with E-state index in [9.17, 15) is 13.2 Å². The number of benzene rings is 1. The zero-order chi connectivity index (χ0) is 18.7. The van der Waals surface area contributed by atoms with Gasteiger partial charge in [-0.05, 0) is 12.1 Å². The van der Waals surface area contributed by atoms with Crippen molar-refractivity contribution < 1.29 is 27.4 Å². The molecule has 2 aromatic heterocycles. The fraction of sp³-hybridized carbons (Fsp3) is 0.250. The van der Waals surface area contributed by atoms with Crippen LogP contribution in [0.4, 0.5) is 13.2 Å². The summed E-state index contributed by atoms with van der Waals surface area (Å²) >= 11 is 1.34. The quantitative estimate of drug-likeness (QED) is 0.643. The molecule has 26 heavy (non-hydrogen) atoms. The molecule has 2 heterocycles. The fourth-order valence-corrected chi connectivity index (χ4v) is 3.14. The number of nitrogens with zero attached hydrogens (tertiary/aromatic N) is 2. The van der Waals surface area contributed by atoms with Crippen molar-refractivity contribution in [3.05, 3.63) is 36.2 Å². The van der Waals surface area contributed by atoms with Gasteiger partial charge in [0.2, 0.25) is 0 Å². The van der Waals surface area contributed by atoms with Crippen molar-refractivity contribution in [2.75, 3.05) is 14.2 Å². The molecule has 10 heteroatoms. The minimum Gasteiger partial charge on any atom is -0.493 e. The Morgan fingerprint density at radius 1 is 1.15 bits per heavy atom. The molecule has 0 saturated heterocycles. The molecule has 0 fully saturated rings. The van der Waals surface area contributed by atoms with E-state index >= 15 is 0 Å². The molecule has 0 spiro atoms. The number of H-pyrrole nitrogens is 1. The summed E-state index contributed by atoms with van der Waals surface area (Å²) in [5, 5.41) is 0.538. The Bertz CT molecular complexity index is 915. The molecular formula is C16H14F3N3O3S. The molecule has 3 rings (SSSR count). The van der Waals surface area contributed by atoms with Gasteiger partial charge in [0, 0.05) is 24.1 Å². The molecule has 0 saturated carbocycles. The standard InChI is InChI=1S/C16H14F3N3O3S/c1-23-13-5-6-20-12(14(13)24-2)8-26-15-21-10-4-3-9(7-11(10)22-15)25-16(17,18)19/h3-7H,8H2,1-2H3,(H,21,22). The van der Waals surface area contributed by atoms with Crippen molar-refractivity contribution in [2.24, 2.45) is 0 Å². The second-order valence-corrected chi connectivity index (χ2v) is 6.01. The molecule has 3 aromatic rings. The van der Waals surface area contributed by atoms with Crippen LogP contribution in [0.25, 0.3) is 11.0 Å². The van der Waals surface area contributed by atoms with Crippen LogP contribution in [0.2, 0.25) is 0 Å². The third kappa shape index (κ3) is 4.13. The maximum Gasteiger partial charge on any atom is 0.573 e. The van der Waals surface area contributed by atoms with Crippen LogP contribution in [0.1, 0.15) is 5.69 Å². The monoisotopic (exact) mass is 385 g/mol. The number of rotatable bonds is 6. The average Bonchev–Trinajstić information content (AvgIpc) is 3.00. The van der Waals surface area contributed by atoms with Crippen LogP contribution in [0, 0.1) is 0 Å². The van der Waals surface area contributed by atoms with Crippen molar-refractivity contribution in [1.29, 1.82) is 0 Å². The Labute approximate surface area is 150 Å². The van der Waals surface area contributed by atoms with Gasteiger partial charge in [-0.2, -0.15) is 0 Å². The lowest BCUT2D eigenvalue weighted by molar-refractivity contribution is -0.274. The molecule has 0 atom stereocenters. The van der Waals surface area contributed by atoms with E-state index in [1.54, 1.807) is 12.3 Å². The van der Waals surface area contributed by atoms with Crippen LogP contribution in [-0.2, 0) is 5.75 Å². The highest BCUT2D eigenvalue weighted by atomic mass is 32.2. The van der Waals surface area contributed by atoms with Gasteiger partial charge in [0.1, 0.15) is 5.75 Å². The summed E-state index contributed by atoms with van der Waals surface area (Å²) in [4.78, 5) is 11.6. The molecule has 0 aliphatic rings. The van der Waals surface area contributed by atoms with Gasteiger partial charge in [-0.3, -0.25) is 4.98 Å². The lowest BCUT2D eigenvalue weighted by Gasteiger charge is -2.10. The van der Waals surface area contributed by atoms with E-state index in [-0.39, 0.29) is 5.75 Å². The van der Waals surface area contributed by atoms with E-state index in [2.05, 4.69) is 19.7 Å². The summed E-state index contributed by atoms with van der Waals surface area (Å²) in [6.45, 7) is 0. The highest BCUT2D eigenvalue weighted by Gasteiger charge is 2.31. The number of aromatic amines is 1. The summed E-state index contributed by atoms with van der Waals surface area (Å²) in [6, 6.07) is 5.64. The number of pyridine rings is 1. The van der Waals surface area contributed by atoms with Crippen molar-refractivity contribution in [3.8, 4) is 17.2 Å². The Kier molecular flexibility index (Phi) is 5.12. The largest absolute Gasteiger partial charge is 0.573 e. The number of fused-ring (bicyclic) bond motifs is 1. The first-order chi connectivity index (χ1) is 12.4. The van der Waals surface area contributed by atoms with E-state index in [1.165, 1.54) is 44.2 Å². The van der Waals surface area contributed by atoms with Crippen molar-refractivity contribution in [2.45, 2.75) is 17.3 Å². The van der Waals surface area contributed by atoms with Gasteiger partial charge < -0.3 is 19.2 Å². The average molecular weight is 385 g/mol. The summed E-state index contributed by atoms with van der Waals surface area (Å²) in [5.41, 5.74) is 1.64. The van der Waals surface area contributed by atoms with E-state index in [0.29, 0.717) is 39.1 Å². The number of alkyl halides is 3. The van der Waals surface area contributed by atoms with Gasteiger partial charge >= 0.3 is 6.36 Å². The number of methoxy groups -OCH3 is 2. The lowest BCUT2D eigenvalue weighted by Crippen LogP contribution is -2.16. The number of hydrogen-bond acceptors (Lipinski definition) is 6. The van der Waals surface area contributed by atoms with Crippen LogP contribution >= 0.6 is 11.8 Å².